The molecule has 20 heavy (non-hydrogen) atoms. The third kappa shape index (κ3) is 3.06. The number of hydrogen-bond acceptors (Lipinski definition) is 3. The van der Waals surface area contributed by atoms with Gasteiger partial charge in [-0.2, -0.15) is 0 Å². The average molecular weight is 274 g/mol. The van der Waals surface area contributed by atoms with Crippen molar-refractivity contribution in [2.75, 3.05) is 7.11 Å². The molecule has 0 spiro atoms. The topological polar surface area (TPSA) is 68.3 Å². The van der Waals surface area contributed by atoms with Gasteiger partial charge in [0.25, 0.3) is 0 Å². The maximum absolute atomic E-state index is 14.0. The number of ether oxygens (including phenoxy) is 2. The molecule has 0 saturated carbocycles. The van der Waals surface area contributed by atoms with Crippen molar-refractivity contribution in [3.05, 3.63) is 59.4 Å². The van der Waals surface area contributed by atoms with Gasteiger partial charge in [0.05, 0.1) is 12.7 Å². The van der Waals surface area contributed by atoms with E-state index in [9.17, 15) is 4.39 Å². The lowest BCUT2D eigenvalue weighted by Crippen LogP contribution is -2.14. The Kier molecular flexibility index (Phi) is 4.20. The number of hydrogen-bond donors (Lipinski definition) is 2. The van der Waals surface area contributed by atoms with Crippen molar-refractivity contribution in [2.24, 2.45) is 5.73 Å². The second-order valence-electron chi connectivity index (χ2n) is 4.16. The molecule has 0 amide bonds. The summed E-state index contributed by atoms with van der Waals surface area (Å²) in [7, 11) is 1.56. The molecule has 0 aliphatic carbocycles. The Morgan fingerprint density at radius 1 is 1.20 bits per heavy atom. The predicted octanol–water partition coefficient (Wildman–Crippen LogP) is 2.70. The largest absolute Gasteiger partial charge is 0.497 e. The Morgan fingerprint density at radius 3 is 2.60 bits per heavy atom. The number of methoxy groups -OCH3 is 1. The van der Waals surface area contributed by atoms with Gasteiger partial charge in [0, 0.05) is 11.6 Å². The molecular formula is C15H15FN2O2. The van der Waals surface area contributed by atoms with Crippen LogP contribution in [0.4, 0.5) is 4.39 Å². The molecule has 0 heterocycles. The molecule has 0 aromatic heterocycles. The fraction of sp³-hybridized carbons (Fsp3) is 0.133. The summed E-state index contributed by atoms with van der Waals surface area (Å²) in [5.74, 6) is 0.422. The van der Waals surface area contributed by atoms with E-state index in [0.717, 1.165) is 0 Å². The van der Waals surface area contributed by atoms with Crippen LogP contribution < -0.4 is 15.2 Å². The monoisotopic (exact) mass is 274 g/mol. The second kappa shape index (κ2) is 6.06. The zero-order valence-electron chi connectivity index (χ0n) is 11.0. The van der Waals surface area contributed by atoms with Crippen LogP contribution in [0.2, 0.25) is 0 Å². The van der Waals surface area contributed by atoms with Gasteiger partial charge in [0.2, 0.25) is 0 Å². The number of nitrogen functional groups attached to an aromatic ring is 1. The fourth-order valence-corrected chi connectivity index (χ4v) is 1.75. The highest BCUT2D eigenvalue weighted by Gasteiger charge is 2.10. The molecule has 0 fully saturated rings. The van der Waals surface area contributed by atoms with Crippen LogP contribution in [0, 0.1) is 11.2 Å². The zero-order chi connectivity index (χ0) is 14.5. The van der Waals surface area contributed by atoms with Crippen molar-refractivity contribution in [1.82, 2.24) is 0 Å². The van der Waals surface area contributed by atoms with Crippen LogP contribution in [-0.2, 0) is 6.61 Å². The third-order valence-electron chi connectivity index (χ3n) is 2.80. The van der Waals surface area contributed by atoms with Gasteiger partial charge < -0.3 is 15.2 Å². The molecule has 0 unspecified atom stereocenters. The summed E-state index contributed by atoms with van der Waals surface area (Å²) in [6.07, 6.45) is 0. The van der Waals surface area contributed by atoms with Crippen LogP contribution in [0.5, 0.6) is 11.5 Å². The molecule has 104 valence electrons. The Bertz CT molecular complexity index is 629. The van der Waals surface area contributed by atoms with Crippen molar-refractivity contribution in [3.8, 4) is 11.5 Å². The minimum absolute atomic E-state index is 0.0557. The van der Waals surface area contributed by atoms with Gasteiger partial charge in [0.1, 0.15) is 29.8 Å². The van der Waals surface area contributed by atoms with Gasteiger partial charge in [-0.1, -0.05) is 18.2 Å². The summed E-state index contributed by atoms with van der Waals surface area (Å²) < 4.78 is 24.6. The highest BCUT2D eigenvalue weighted by molar-refractivity contribution is 5.95. The van der Waals surface area contributed by atoms with Crippen molar-refractivity contribution < 1.29 is 13.9 Å². The highest BCUT2D eigenvalue weighted by atomic mass is 19.1. The molecule has 3 N–H and O–H groups in total. The molecule has 0 bridgehead atoms. The van der Waals surface area contributed by atoms with E-state index < -0.39 is 5.82 Å². The minimum atomic E-state index is -0.525. The van der Waals surface area contributed by atoms with Gasteiger partial charge in [-0.15, -0.1) is 0 Å². The molecular weight excluding hydrogens is 259 g/mol. The maximum atomic E-state index is 14.0. The number of nitrogens with one attached hydrogen (secondary N) is 1. The predicted molar refractivity (Wildman–Crippen MR) is 74.7 cm³/mol. The van der Waals surface area contributed by atoms with E-state index in [2.05, 4.69) is 0 Å². The summed E-state index contributed by atoms with van der Waals surface area (Å²) in [6.45, 7) is 0.0557. The first-order valence-corrected chi connectivity index (χ1v) is 6.00. The van der Waals surface area contributed by atoms with E-state index >= 15 is 0 Å². The van der Waals surface area contributed by atoms with Gasteiger partial charge in [-0.25, -0.2) is 4.39 Å². The standard InChI is InChI=1S/C15H15FN2O2/c1-19-11-5-3-6-12(8-11)20-9-10-4-2-7-13(14(10)16)15(17)18/h2-8H,9H2,1H3,(H3,17,18). The SMILES string of the molecule is COc1cccc(OCc2cccc(C(=N)N)c2F)c1. The maximum Gasteiger partial charge on any atom is 0.140 e. The quantitative estimate of drug-likeness (QED) is 0.650. The minimum Gasteiger partial charge on any atom is -0.497 e. The molecule has 0 aliphatic heterocycles. The van der Waals surface area contributed by atoms with Crippen LogP contribution in [0.1, 0.15) is 11.1 Å². The number of nitrogens with two attached hydrogens (primary N) is 1. The number of halogens is 1. The first kappa shape index (κ1) is 13.9. The Morgan fingerprint density at radius 2 is 1.90 bits per heavy atom. The lowest BCUT2D eigenvalue weighted by atomic mass is 10.1. The Balaban J connectivity index is 2.14. The fourth-order valence-electron chi connectivity index (χ4n) is 1.75. The zero-order valence-corrected chi connectivity index (χ0v) is 11.0. The van der Waals surface area contributed by atoms with Gasteiger partial charge >= 0.3 is 0 Å². The van der Waals surface area contributed by atoms with E-state index in [1.165, 1.54) is 6.07 Å². The van der Waals surface area contributed by atoms with Crippen LogP contribution in [0.3, 0.4) is 0 Å². The molecule has 2 rings (SSSR count). The van der Waals surface area contributed by atoms with Crippen LogP contribution in [0.25, 0.3) is 0 Å². The van der Waals surface area contributed by atoms with Gasteiger partial charge in [-0.05, 0) is 18.2 Å². The average Bonchev–Trinajstić information content (AvgIpc) is 2.46. The third-order valence-corrected chi connectivity index (χ3v) is 2.80. The summed E-state index contributed by atoms with van der Waals surface area (Å²) in [4.78, 5) is 0. The van der Waals surface area contributed by atoms with Crippen molar-refractivity contribution >= 4 is 5.84 Å². The van der Waals surface area contributed by atoms with Crippen LogP contribution in [0.15, 0.2) is 42.5 Å². The highest BCUT2D eigenvalue weighted by Crippen LogP contribution is 2.21. The lowest BCUT2D eigenvalue weighted by molar-refractivity contribution is 0.297. The van der Waals surface area contributed by atoms with Gasteiger partial charge in [0.15, 0.2) is 0 Å². The van der Waals surface area contributed by atoms with Crippen molar-refractivity contribution in [1.29, 1.82) is 5.41 Å². The Hall–Kier alpha value is -2.56. The van der Waals surface area contributed by atoms with Crippen LogP contribution in [-0.4, -0.2) is 12.9 Å². The van der Waals surface area contributed by atoms with E-state index in [0.29, 0.717) is 17.1 Å². The molecule has 0 saturated heterocycles. The van der Waals surface area contributed by atoms with E-state index in [-0.39, 0.29) is 18.0 Å². The number of rotatable bonds is 5. The number of amidine groups is 1. The Labute approximate surface area is 116 Å². The molecule has 4 nitrogen and oxygen atoms in total. The normalized spacial score (nSPS) is 10.1. The second-order valence-corrected chi connectivity index (χ2v) is 4.16. The van der Waals surface area contributed by atoms with Crippen LogP contribution >= 0.6 is 0 Å². The summed E-state index contributed by atoms with van der Waals surface area (Å²) in [6, 6.07) is 11.8. The number of benzene rings is 2. The molecule has 2 aromatic carbocycles. The van der Waals surface area contributed by atoms with E-state index in [4.69, 9.17) is 20.6 Å². The molecule has 2 aromatic rings. The lowest BCUT2D eigenvalue weighted by Gasteiger charge is -2.10. The smallest absolute Gasteiger partial charge is 0.140 e. The summed E-state index contributed by atoms with van der Waals surface area (Å²) in [5, 5.41) is 7.30. The van der Waals surface area contributed by atoms with Gasteiger partial charge in [-0.3, -0.25) is 5.41 Å². The summed E-state index contributed by atoms with van der Waals surface area (Å²) >= 11 is 0. The molecule has 0 radical (unpaired) electrons. The van der Waals surface area contributed by atoms with E-state index in [1.807, 2.05) is 0 Å². The van der Waals surface area contributed by atoms with Crippen molar-refractivity contribution in [3.63, 3.8) is 0 Å². The molecule has 0 atom stereocenters. The first-order chi connectivity index (χ1) is 9.61. The van der Waals surface area contributed by atoms with Crippen molar-refractivity contribution in [2.45, 2.75) is 6.61 Å². The molecule has 5 heteroatoms. The first-order valence-electron chi connectivity index (χ1n) is 6.00. The summed E-state index contributed by atoms with van der Waals surface area (Å²) in [5.41, 5.74) is 5.74. The van der Waals surface area contributed by atoms with E-state index in [1.54, 1.807) is 43.5 Å². The molecule has 0 aliphatic rings.